The van der Waals surface area contributed by atoms with Crippen LogP contribution in [0.5, 0.6) is 0 Å². The first-order chi connectivity index (χ1) is 9.56. The number of hydrogen-bond donors (Lipinski definition) is 0. The molecule has 0 saturated carbocycles. The van der Waals surface area contributed by atoms with E-state index in [0.717, 1.165) is 37.0 Å². The quantitative estimate of drug-likeness (QED) is 0.594. The van der Waals surface area contributed by atoms with Crippen LogP contribution in [0, 0.1) is 11.6 Å². The summed E-state index contributed by atoms with van der Waals surface area (Å²) >= 11 is 5.49. The molecule has 3 rings (SSSR count). The van der Waals surface area contributed by atoms with Crippen molar-refractivity contribution in [3.8, 4) is 0 Å². The van der Waals surface area contributed by atoms with E-state index in [2.05, 4.69) is 0 Å². The van der Waals surface area contributed by atoms with Crippen LogP contribution in [0.2, 0.25) is 5.02 Å². The first-order valence-corrected chi connectivity index (χ1v) is 6.75. The van der Waals surface area contributed by atoms with Crippen LogP contribution < -0.4 is 0 Å². The van der Waals surface area contributed by atoms with Gasteiger partial charge >= 0.3 is 0 Å². The highest BCUT2D eigenvalue weighted by molar-refractivity contribution is 6.30. The second-order valence-electron chi connectivity index (χ2n) is 4.91. The second kappa shape index (κ2) is 4.98. The highest BCUT2D eigenvalue weighted by atomic mass is 35.5. The Labute approximate surface area is 120 Å². The minimum Gasteiger partial charge on any atom is -0.288 e. The molecule has 0 radical (unpaired) electrons. The van der Waals surface area contributed by atoms with Crippen molar-refractivity contribution >= 4 is 17.4 Å². The predicted molar refractivity (Wildman–Crippen MR) is 73.3 cm³/mol. The van der Waals surface area contributed by atoms with Gasteiger partial charge in [-0.05, 0) is 48.6 Å². The van der Waals surface area contributed by atoms with Crippen LogP contribution in [0.4, 0.5) is 8.78 Å². The van der Waals surface area contributed by atoms with Gasteiger partial charge < -0.3 is 0 Å². The Morgan fingerprint density at radius 1 is 1.00 bits per heavy atom. The number of halogens is 3. The third-order valence-electron chi connectivity index (χ3n) is 3.62. The maximum Gasteiger partial charge on any atom is 0.196 e. The molecule has 0 N–H and O–H groups in total. The van der Waals surface area contributed by atoms with E-state index in [9.17, 15) is 13.6 Å². The van der Waals surface area contributed by atoms with Crippen LogP contribution in [0.3, 0.4) is 0 Å². The minimum atomic E-state index is -0.804. The summed E-state index contributed by atoms with van der Waals surface area (Å²) in [6, 6.07) is 7.01. The molecule has 2 aromatic rings. The fraction of sp³-hybridized carbons (Fsp3) is 0.188. The Balaban J connectivity index is 2.03. The van der Waals surface area contributed by atoms with Crippen LogP contribution >= 0.6 is 11.6 Å². The molecule has 0 saturated heterocycles. The largest absolute Gasteiger partial charge is 0.288 e. The number of fused-ring (bicyclic) bond motifs is 1. The maximum atomic E-state index is 13.8. The fourth-order valence-corrected chi connectivity index (χ4v) is 2.72. The molecule has 1 aliphatic rings. The van der Waals surface area contributed by atoms with Crippen LogP contribution in [0.25, 0.3) is 0 Å². The van der Waals surface area contributed by atoms with Crippen LogP contribution in [-0.4, -0.2) is 5.78 Å². The van der Waals surface area contributed by atoms with Crippen molar-refractivity contribution in [1.29, 1.82) is 0 Å². The molecule has 0 fully saturated rings. The fourth-order valence-electron chi connectivity index (χ4n) is 2.57. The molecule has 0 heterocycles. The zero-order valence-corrected chi connectivity index (χ0v) is 11.3. The second-order valence-corrected chi connectivity index (χ2v) is 5.32. The number of carbonyl (C=O) groups excluding carboxylic acids is 1. The minimum absolute atomic E-state index is 0.287. The summed E-state index contributed by atoms with van der Waals surface area (Å²) in [4.78, 5) is 12.3. The van der Waals surface area contributed by atoms with E-state index >= 15 is 0 Å². The van der Waals surface area contributed by atoms with Crippen molar-refractivity contribution in [1.82, 2.24) is 0 Å². The third-order valence-corrected chi connectivity index (χ3v) is 3.90. The number of carbonyl (C=O) groups is 1. The predicted octanol–water partition coefficient (Wildman–Crippen LogP) is 4.34. The van der Waals surface area contributed by atoms with Crippen molar-refractivity contribution in [3.63, 3.8) is 0 Å². The van der Waals surface area contributed by atoms with Gasteiger partial charge in [0.1, 0.15) is 11.6 Å². The molecule has 102 valence electrons. The van der Waals surface area contributed by atoms with Crippen molar-refractivity contribution in [2.24, 2.45) is 0 Å². The lowest BCUT2D eigenvalue weighted by Crippen LogP contribution is -2.06. The molecule has 0 aromatic heterocycles. The number of ketones is 1. The summed E-state index contributed by atoms with van der Waals surface area (Å²) in [6.07, 6.45) is 3.00. The van der Waals surface area contributed by atoms with Gasteiger partial charge in [-0.2, -0.15) is 0 Å². The lowest BCUT2D eigenvalue weighted by molar-refractivity contribution is 0.103. The number of benzene rings is 2. The van der Waals surface area contributed by atoms with Gasteiger partial charge in [0.15, 0.2) is 5.78 Å². The summed E-state index contributed by atoms with van der Waals surface area (Å²) in [7, 11) is 0. The Bertz CT molecular complexity index is 710. The van der Waals surface area contributed by atoms with Crippen LogP contribution in [0.15, 0.2) is 30.3 Å². The standard InChI is InChI=1S/C16H11ClF2O/c17-13-8-14(18)12(7-15(13)19)16(20)11-5-4-9-2-1-3-10(9)6-11/h4-8H,1-3H2. The highest BCUT2D eigenvalue weighted by Gasteiger charge is 2.19. The third kappa shape index (κ3) is 2.22. The van der Waals surface area contributed by atoms with E-state index in [1.54, 1.807) is 12.1 Å². The first-order valence-electron chi connectivity index (χ1n) is 6.37. The Morgan fingerprint density at radius 2 is 1.75 bits per heavy atom. The molecule has 20 heavy (non-hydrogen) atoms. The van der Waals surface area contributed by atoms with Gasteiger partial charge in [0, 0.05) is 5.56 Å². The Kier molecular flexibility index (Phi) is 3.30. The number of aryl methyl sites for hydroxylation is 2. The lowest BCUT2D eigenvalue weighted by atomic mass is 9.99. The summed E-state index contributed by atoms with van der Waals surface area (Å²) in [5.41, 5.74) is 2.44. The van der Waals surface area contributed by atoms with Gasteiger partial charge in [0.05, 0.1) is 10.6 Å². The van der Waals surface area contributed by atoms with Gasteiger partial charge in [-0.1, -0.05) is 23.7 Å². The molecule has 0 bridgehead atoms. The van der Waals surface area contributed by atoms with Gasteiger partial charge in [0.2, 0.25) is 0 Å². The molecule has 0 amide bonds. The van der Waals surface area contributed by atoms with E-state index in [1.165, 1.54) is 5.56 Å². The molecule has 0 unspecified atom stereocenters. The normalized spacial score (nSPS) is 13.3. The zero-order chi connectivity index (χ0) is 14.3. The monoisotopic (exact) mass is 292 g/mol. The summed E-state index contributed by atoms with van der Waals surface area (Å²) < 4.78 is 27.2. The SMILES string of the molecule is O=C(c1ccc2c(c1)CCC2)c1cc(F)c(Cl)cc1F. The maximum absolute atomic E-state index is 13.8. The van der Waals surface area contributed by atoms with Crippen molar-refractivity contribution in [2.75, 3.05) is 0 Å². The zero-order valence-electron chi connectivity index (χ0n) is 10.6. The molecule has 4 heteroatoms. The molecule has 0 atom stereocenters. The van der Waals surface area contributed by atoms with Crippen molar-refractivity contribution < 1.29 is 13.6 Å². The van der Waals surface area contributed by atoms with E-state index in [1.807, 2.05) is 6.07 Å². The molecule has 1 aliphatic carbocycles. The van der Waals surface area contributed by atoms with Gasteiger partial charge in [0.25, 0.3) is 0 Å². The average Bonchev–Trinajstić information content (AvgIpc) is 2.89. The molecular formula is C16H11ClF2O. The van der Waals surface area contributed by atoms with Gasteiger partial charge in [-0.15, -0.1) is 0 Å². The van der Waals surface area contributed by atoms with Crippen molar-refractivity contribution in [2.45, 2.75) is 19.3 Å². The van der Waals surface area contributed by atoms with Crippen LogP contribution in [-0.2, 0) is 12.8 Å². The first kappa shape index (κ1) is 13.3. The molecular weight excluding hydrogens is 282 g/mol. The number of rotatable bonds is 2. The number of hydrogen-bond acceptors (Lipinski definition) is 1. The van der Waals surface area contributed by atoms with Gasteiger partial charge in [-0.25, -0.2) is 8.78 Å². The van der Waals surface area contributed by atoms with E-state index in [0.29, 0.717) is 5.56 Å². The van der Waals surface area contributed by atoms with Crippen LogP contribution in [0.1, 0.15) is 33.5 Å². The Morgan fingerprint density at radius 3 is 2.55 bits per heavy atom. The van der Waals surface area contributed by atoms with E-state index in [-0.39, 0.29) is 10.6 Å². The topological polar surface area (TPSA) is 17.1 Å². The smallest absolute Gasteiger partial charge is 0.196 e. The summed E-state index contributed by atoms with van der Waals surface area (Å²) in [5, 5.41) is -0.326. The lowest BCUT2D eigenvalue weighted by Gasteiger charge is -2.06. The molecule has 0 spiro atoms. The highest BCUT2D eigenvalue weighted by Crippen LogP contribution is 2.26. The van der Waals surface area contributed by atoms with E-state index < -0.39 is 17.4 Å². The van der Waals surface area contributed by atoms with E-state index in [4.69, 9.17) is 11.6 Å². The van der Waals surface area contributed by atoms with Crippen molar-refractivity contribution in [3.05, 3.63) is 69.2 Å². The Hall–Kier alpha value is -1.74. The van der Waals surface area contributed by atoms with Gasteiger partial charge in [-0.3, -0.25) is 4.79 Å². The molecule has 0 aliphatic heterocycles. The average molecular weight is 293 g/mol. The molecule has 1 nitrogen and oxygen atoms in total. The molecule has 2 aromatic carbocycles. The summed E-state index contributed by atoms with van der Waals surface area (Å²) in [6.45, 7) is 0. The summed E-state index contributed by atoms with van der Waals surface area (Å²) in [5.74, 6) is -2.12.